The number of ether oxygens (including phenoxy) is 1. The van der Waals surface area contributed by atoms with Crippen molar-refractivity contribution in [2.75, 3.05) is 0 Å². The highest BCUT2D eigenvalue weighted by atomic mass is 35.5. The van der Waals surface area contributed by atoms with E-state index in [1.807, 2.05) is 49.4 Å². The zero-order valence-electron chi connectivity index (χ0n) is 16.5. The van der Waals surface area contributed by atoms with Crippen molar-refractivity contribution in [2.45, 2.75) is 6.92 Å². The van der Waals surface area contributed by atoms with Gasteiger partial charge >= 0.3 is 0 Å². The Morgan fingerprint density at radius 1 is 0.935 bits per heavy atom. The number of pyridine rings is 1. The monoisotopic (exact) mass is 430 g/mol. The molecule has 0 unspecified atom stereocenters. The number of benzene rings is 3. The molecule has 0 fully saturated rings. The van der Waals surface area contributed by atoms with Crippen molar-refractivity contribution in [2.24, 2.45) is 0 Å². The Balaban J connectivity index is 1.48. The van der Waals surface area contributed by atoms with Gasteiger partial charge in [0, 0.05) is 10.4 Å². The Kier molecular flexibility index (Phi) is 4.84. The average molecular weight is 431 g/mol. The number of aryl methyl sites for hydroxylation is 1. The molecule has 0 saturated carbocycles. The summed E-state index contributed by atoms with van der Waals surface area (Å²) in [7, 11) is 0. The molecule has 2 aromatic heterocycles. The standard InChI is InChI=1S/C24H16ClFN4O/c1-15-11-16(25)13-19(12-15)31-24-4-2-3-21-20(24)9-10-22(27-21)23-14-30(29-28-23)18-7-5-17(26)6-8-18/h2-14H,1H3. The molecule has 0 radical (unpaired) electrons. The maximum Gasteiger partial charge on any atom is 0.136 e. The van der Waals surface area contributed by atoms with E-state index in [1.54, 1.807) is 29.1 Å². The minimum atomic E-state index is -0.300. The predicted molar refractivity (Wildman–Crippen MR) is 118 cm³/mol. The summed E-state index contributed by atoms with van der Waals surface area (Å²) in [5.41, 5.74) is 3.80. The van der Waals surface area contributed by atoms with Gasteiger partial charge in [0.15, 0.2) is 0 Å². The number of rotatable bonds is 4. The van der Waals surface area contributed by atoms with Gasteiger partial charge in [-0.15, -0.1) is 5.10 Å². The van der Waals surface area contributed by atoms with Gasteiger partial charge in [-0.05, 0) is 79.2 Å². The van der Waals surface area contributed by atoms with Gasteiger partial charge < -0.3 is 4.74 Å². The minimum absolute atomic E-state index is 0.300. The lowest BCUT2D eigenvalue weighted by Crippen LogP contribution is -1.94. The molecule has 7 heteroatoms. The summed E-state index contributed by atoms with van der Waals surface area (Å²) in [5, 5.41) is 9.84. The molecule has 0 aliphatic rings. The van der Waals surface area contributed by atoms with Gasteiger partial charge in [-0.3, -0.25) is 0 Å². The van der Waals surface area contributed by atoms with E-state index in [0.29, 0.717) is 33.6 Å². The lowest BCUT2D eigenvalue weighted by atomic mass is 10.1. The van der Waals surface area contributed by atoms with Crippen LogP contribution in [0, 0.1) is 12.7 Å². The maximum absolute atomic E-state index is 13.2. The third kappa shape index (κ3) is 3.98. The Morgan fingerprint density at radius 3 is 2.58 bits per heavy atom. The third-order valence-electron chi connectivity index (χ3n) is 4.78. The third-order valence-corrected chi connectivity index (χ3v) is 5.00. The molecule has 0 aliphatic carbocycles. The number of aromatic nitrogens is 4. The van der Waals surface area contributed by atoms with Gasteiger partial charge in [0.25, 0.3) is 0 Å². The minimum Gasteiger partial charge on any atom is -0.457 e. The number of hydrogen-bond donors (Lipinski definition) is 0. The highest BCUT2D eigenvalue weighted by Crippen LogP contribution is 2.32. The molecular formula is C24H16ClFN4O. The fourth-order valence-corrected chi connectivity index (χ4v) is 3.63. The van der Waals surface area contributed by atoms with Crippen LogP contribution in [-0.2, 0) is 0 Å². The summed E-state index contributed by atoms with van der Waals surface area (Å²) in [6, 6.07) is 21.2. The van der Waals surface area contributed by atoms with E-state index in [2.05, 4.69) is 10.3 Å². The number of fused-ring (bicyclic) bond motifs is 1. The zero-order chi connectivity index (χ0) is 21.4. The van der Waals surface area contributed by atoms with Crippen LogP contribution in [-0.4, -0.2) is 20.0 Å². The Labute approximate surface area is 182 Å². The first-order valence-corrected chi connectivity index (χ1v) is 9.96. The first-order valence-electron chi connectivity index (χ1n) is 9.59. The van der Waals surface area contributed by atoms with Crippen molar-refractivity contribution in [3.63, 3.8) is 0 Å². The molecule has 0 spiro atoms. The van der Waals surface area contributed by atoms with Gasteiger partial charge in [-0.1, -0.05) is 22.9 Å². The van der Waals surface area contributed by atoms with E-state index < -0.39 is 0 Å². The van der Waals surface area contributed by atoms with Gasteiger partial charge in [0.05, 0.1) is 23.1 Å². The van der Waals surface area contributed by atoms with Crippen LogP contribution in [0.5, 0.6) is 11.5 Å². The lowest BCUT2D eigenvalue weighted by molar-refractivity contribution is 0.488. The predicted octanol–water partition coefficient (Wildman–Crippen LogP) is 6.38. The van der Waals surface area contributed by atoms with Crippen LogP contribution in [0.15, 0.2) is 79.0 Å². The second kappa shape index (κ2) is 7.81. The van der Waals surface area contributed by atoms with E-state index in [4.69, 9.17) is 21.3 Å². The van der Waals surface area contributed by atoms with E-state index in [9.17, 15) is 4.39 Å². The summed E-state index contributed by atoms with van der Waals surface area (Å²) in [5.74, 6) is 1.06. The second-order valence-corrected chi connectivity index (χ2v) is 7.55. The average Bonchev–Trinajstić information content (AvgIpc) is 3.24. The van der Waals surface area contributed by atoms with E-state index in [1.165, 1.54) is 12.1 Å². The molecule has 31 heavy (non-hydrogen) atoms. The van der Waals surface area contributed by atoms with Crippen molar-refractivity contribution >= 4 is 22.5 Å². The SMILES string of the molecule is Cc1cc(Cl)cc(Oc2cccc3nc(-c4cn(-c5ccc(F)cc5)nn4)ccc23)c1. The van der Waals surface area contributed by atoms with Crippen molar-refractivity contribution < 1.29 is 9.13 Å². The number of hydrogen-bond acceptors (Lipinski definition) is 4. The molecule has 152 valence electrons. The van der Waals surface area contributed by atoms with Gasteiger partial charge in [-0.2, -0.15) is 0 Å². The van der Waals surface area contributed by atoms with Crippen LogP contribution in [0.4, 0.5) is 4.39 Å². The Hall–Kier alpha value is -3.77. The van der Waals surface area contributed by atoms with E-state index in [0.717, 1.165) is 16.5 Å². The smallest absolute Gasteiger partial charge is 0.136 e. The van der Waals surface area contributed by atoms with Crippen LogP contribution >= 0.6 is 11.6 Å². The van der Waals surface area contributed by atoms with E-state index in [-0.39, 0.29) is 5.82 Å². The second-order valence-electron chi connectivity index (χ2n) is 7.11. The molecule has 5 nitrogen and oxygen atoms in total. The van der Waals surface area contributed by atoms with Crippen molar-refractivity contribution in [3.05, 3.63) is 95.4 Å². The first-order chi connectivity index (χ1) is 15.0. The zero-order valence-corrected chi connectivity index (χ0v) is 17.2. The largest absolute Gasteiger partial charge is 0.457 e. The molecule has 0 amide bonds. The first kappa shape index (κ1) is 19.2. The van der Waals surface area contributed by atoms with Crippen molar-refractivity contribution in [1.29, 1.82) is 0 Å². The molecule has 5 aromatic rings. The lowest BCUT2D eigenvalue weighted by Gasteiger charge is -2.10. The molecule has 0 atom stereocenters. The van der Waals surface area contributed by atoms with Crippen LogP contribution < -0.4 is 4.74 Å². The topological polar surface area (TPSA) is 52.8 Å². The Morgan fingerprint density at radius 2 is 1.77 bits per heavy atom. The van der Waals surface area contributed by atoms with Crippen LogP contribution in [0.1, 0.15) is 5.56 Å². The van der Waals surface area contributed by atoms with Gasteiger partial charge in [0.2, 0.25) is 0 Å². The summed E-state index contributed by atoms with van der Waals surface area (Å²) in [4.78, 5) is 4.72. The van der Waals surface area contributed by atoms with Crippen LogP contribution in [0.2, 0.25) is 5.02 Å². The molecule has 3 aromatic carbocycles. The molecule has 2 heterocycles. The molecule has 0 bridgehead atoms. The van der Waals surface area contributed by atoms with Gasteiger partial charge in [0.1, 0.15) is 23.0 Å². The van der Waals surface area contributed by atoms with Crippen LogP contribution in [0.3, 0.4) is 0 Å². The quantitative estimate of drug-likeness (QED) is 0.332. The summed E-state index contributed by atoms with van der Waals surface area (Å²) in [6.07, 6.45) is 1.76. The molecule has 5 rings (SSSR count). The normalized spacial score (nSPS) is 11.1. The molecule has 0 N–H and O–H groups in total. The van der Waals surface area contributed by atoms with Crippen molar-refractivity contribution in [1.82, 2.24) is 20.0 Å². The Bertz CT molecular complexity index is 1380. The van der Waals surface area contributed by atoms with E-state index >= 15 is 0 Å². The number of halogens is 2. The number of nitrogens with zero attached hydrogens (tertiary/aromatic N) is 4. The van der Waals surface area contributed by atoms with Gasteiger partial charge in [-0.25, -0.2) is 14.1 Å². The molecular weight excluding hydrogens is 415 g/mol. The van der Waals surface area contributed by atoms with Crippen LogP contribution in [0.25, 0.3) is 28.0 Å². The highest BCUT2D eigenvalue weighted by molar-refractivity contribution is 6.30. The highest BCUT2D eigenvalue weighted by Gasteiger charge is 2.11. The fraction of sp³-hybridized carbons (Fsp3) is 0.0417. The molecule has 0 aliphatic heterocycles. The summed E-state index contributed by atoms with van der Waals surface area (Å²) >= 11 is 6.15. The molecule has 0 saturated heterocycles. The maximum atomic E-state index is 13.2. The summed E-state index contributed by atoms with van der Waals surface area (Å²) < 4.78 is 20.8. The van der Waals surface area contributed by atoms with Crippen molar-refractivity contribution in [3.8, 4) is 28.6 Å². The fourth-order valence-electron chi connectivity index (χ4n) is 3.35. The summed E-state index contributed by atoms with van der Waals surface area (Å²) in [6.45, 7) is 1.97.